The highest BCUT2D eigenvalue weighted by molar-refractivity contribution is 9.10. The van der Waals surface area contributed by atoms with Crippen molar-refractivity contribution in [1.29, 1.82) is 0 Å². The minimum absolute atomic E-state index is 0.0224. The van der Waals surface area contributed by atoms with Crippen molar-refractivity contribution < 1.29 is 14.0 Å². The van der Waals surface area contributed by atoms with Crippen LogP contribution in [0.2, 0.25) is 5.02 Å². The molecule has 1 heterocycles. The lowest BCUT2D eigenvalue weighted by Gasteiger charge is -2.34. The predicted molar refractivity (Wildman–Crippen MR) is 86.2 cm³/mol. The topological polar surface area (TPSA) is 66.6 Å². The Balaban J connectivity index is 2.17. The van der Waals surface area contributed by atoms with Gasteiger partial charge < -0.3 is 15.5 Å². The first kappa shape index (κ1) is 16.8. The molecule has 1 fully saturated rings. The van der Waals surface area contributed by atoms with Crippen molar-refractivity contribution in [2.24, 2.45) is 0 Å². The van der Waals surface area contributed by atoms with Crippen LogP contribution in [0.4, 0.5) is 10.1 Å². The van der Waals surface area contributed by atoms with Gasteiger partial charge in [-0.1, -0.05) is 18.2 Å². The Morgan fingerprint density at radius 3 is 2.41 bits per heavy atom. The number of halogens is 3. The Hall–Kier alpha value is -1.60. The molecule has 1 saturated heterocycles. The van der Waals surface area contributed by atoms with Crippen LogP contribution in [0.15, 0.2) is 23.2 Å². The molecule has 0 unspecified atom stereocenters. The number of nitrogens with two attached hydrogens (primary N) is 1. The van der Waals surface area contributed by atoms with Crippen LogP contribution >= 0.6 is 27.5 Å². The number of benzene rings is 1. The Morgan fingerprint density at radius 1 is 1.32 bits per heavy atom. The first-order valence-corrected chi connectivity index (χ1v) is 7.67. The number of rotatable bonds is 2. The molecule has 0 aliphatic carbocycles. The summed E-state index contributed by atoms with van der Waals surface area (Å²) in [7, 11) is 0. The van der Waals surface area contributed by atoms with E-state index in [9.17, 15) is 14.0 Å². The summed E-state index contributed by atoms with van der Waals surface area (Å²) >= 11 is 8.86. The van der Waals surface area contributed by atoms with Gasteiger partial charge in [-0.3, -0.25) is 9.59 Å². The number of hydrogen-bond donors (Lipinski definition) is 1. The number of nitrogen functional groups attached to an aromatic ring is 1. The molecule has 0 bridgehead atoms. The van der Waals surface area contributed by atoms with E-state index in [-0.39, 0.29) is 26.7 Å². The van der Waals surface area contributed by atoms with E-state index in [2.05, 4.69) is 22.5 Å². The normalized spacial score (nSPS) is 14.9. The van der Waals surface area contributed by atoms with E-state index >= 15 is 0 Å². The average Bonchev–Trinajstić information content (AvgIpc) is 2.55. The maximum absolute atomic E-state index is 13.9. The van der Waals surface area contributed by atoms with E-state index in [0.29, 0.717) is 26.2 Å². The summed E-state index contributed by atoms with van der Waals surface area (Å²) in [6.45, 7) is 4.89. The monoisotopic (exact) mass is 389 g/mol. The third kappa shape index (κ3) is 3.10. The molecule has 8 heteroatoms. The van der Waals surface area contributed by atoms with Gasteiger partial charge in [0.1, 0.15) is 0 Å². The summed E-state index contributed by atoms with van der Waals surface area (Å²) in [6, 6.07) is 1.34. The summed E-state index contributed by atoms with van der Waals surface area (Å²) in [4.78, 5) is 27.1. The van der Waals surface area contributed by atoms with Crippen molar-refractivity contribution in [3.05, 3.63) is 39.6 Å². The summed E-state index contributed by atoms with van der Waals surface area (Å²) in [5, 5.41) is 0.0792. The second-order valence-electron chi connectivity index (χ2n) is 4.77. The van der Waals surface area contributed by atoms with Gasteiger partial charge in [0.15, 0.2) is 5.82 Å². The fourth-order valence-corrected chi connectivity index (χ4v) is 2.74. The van der Waals surface area contributed by atoms with Crippen LogP contribution in [-0.2, 0) is 4.79 Å². The van der Waals surface area contributed by atoms with Gasteiger partial charge in [-0.15, -0.1) is 0 Å². The predicted octanol–water partition coefficient (Wildman–Crippen LogP) is 2.29. The lowest BCUT2D eigenvalue weighted by molar-refractivity contribution is -0.127. The highest BCUT2D eigenvalue weighted by Crippen LogP contribution is 2.32. The number of amides is 2. The minimum atomic E-state index is -0.753. The van der Waals surface area contributed by atoms with Crippen molar-refractivity contribution in [2.45, 2.75) is 0 Å². The summed E-state index contributed by atoms with van der Waals surface area (Å²) < 4.78 is 13.9. The molecule has 5 nitrogen and oxygen atoms in total. The quantitative estimate of drug-likeness (QED) is 0.479. The van der Waals surface area contributed by atoms with Crippen LogP contribution in [0.1, 0.15) is 10.4 Å². The van der Waals surface area contributed by atoms with Gasteiger partial charge in [0.25, 0.3) is 5.91 Å². The first-order chi connectivity index (χ1) is 10.4. The van der Waals surface area contributed by atoms with E-state index in [4.69, 9.17) is 17.3 Å². The number of piperazine rings is 1. The van der Waals surface area contributed by atoms with Crippen molar-refractivity contribution in [3.63, 3.8) is 0 Å². The van der Waals surface area contributed by atoms with Gasteiger partial charge >= 0.3 is 0 Å². The summed E-state index contributed by atoms with van der Waals surface area (Å²) in [5.74, 6) is -1.34. The zero-order valence-corrected chi connectivity index (χ0v) is 14.0. The van der Waals surface area contributed by atoms with Crippen molar-refractivity contribution >= 4 is 45.0 Å². The van der Waals surface area contributed by atoms with Crippen LogP contribution in [0.5, 0.6) is 0 Å². The maximum Gasteiger partial charge on any atom is 0.256 e. The van der Waals surface area contributed by atoms with Gasteiger partial charge in [0.05, 0.1) is 20.7 Å². The number of anilines is 1. The van der Waals surface area contributed by atoms with Gasteiger partial charge in [0, 0.05) is 26.2 Å². The molecule has 2 amide bonds. The average molecular weight is 391 g/mol. The molecule has 0 spiro atoms. The van der Waals surface area contributed by atoms with Gasteiger partial charge in [-0.2, -0.15) is 0 Å². The molecular weight excluding hydrogens is 377 g/mol. The largest absolute Gasteiger partial charge is 0.396 e. The van der Waals surface area contributed by atoms with Crippen LogP contribution in [0.3, 0.4) is 0 Å². The van der Waals surface area contributed by atoms with E-state index in [1.165, 1.54) is 17.0 Å². The number of carbonyl (C=O) groups is 2. The van der Waals surface area contributed by atoms with E-state index in [1.54, 1.807) is 4.90 Å². The first-order valence-electron chi connectivity index (χ1n) is 6.50. The van der Waals surface area contributed by atoms with Crippen LogP contribution < -0.4 is 5.73 Å². The van der Waals surface area contributed by atoms with Crippen molar-refractivity contribution in [1.82, 2.24) is 9.80 Å². The number of nitrogens with zero attached hydrogens (tertiary/aromatic N) is 2. The molecule has 2 N–H and O–H groups in total. The lowest BCUT2D eigenvalue weighted by Crippen LogP contribution is -2.50. The van der Waals surface area contributed by atoms with Crippen LogP contribution in [-0.4, -0.2) is 47.8 Å². The maximum atomic E-state index is 13.9. The number of hydrogen-bond acceptors (Lipinski definition) is 3. The smallest absolute Gasteiger partial charge is 0.256 e. The minimum Gasteiger partial charge on any atom is -0.396 e. The molecule has 1 aliphatic rings. The molecule has 0 aromatic heterocycles. The second-order valence-corrected chi connectivity index (χ2v) is 5.97. The molecule has 0 radical (unpaired) electrons. The van der Waals surface area contributed by atoms with Crippen LogP contribution in [0.25, 0.3) is 0 Å². The van der Waals surface area contributed by atoms with Crippen molar-refractivity contribution in [2.75, 3.05) is 31.9 Å². The van der Waals surface area contributed by atoms with Gasteiger partial charge in [-0.25, -0.2) is 4.39 Å². The fourth-order valence-electron chi connectivity index (χ4n) is 2.22. The second kappa shape index (κ2) is 6.66. The summed E-state index contributed by atoms with van der Waals surface area (Å²) in [6.07, 6.45) is 1.24. The lowest BCUT2D eigenvalue weighted by atomic mass is 10.1. The standard InChI is InChI=1S/C14H14BrClFN3O2/c1-2-10(21)19-3-5-20(6-4-19)14(22)8-7-9(16)11(15)12(17)13(8)18/h2,7H,1,3-6,18H2. The zero-order valence-electron chi connectivity index (χ0n) is 11.6. The fraction of sp³-hybridized carbons (Fsp3) is 0.286. The van der Waals surface area contributed by atoms with E-state index in [1.807, 2.05) is 0 Å². The third-order valence-electron chi connectivity index (χ3n) is 3.48. The molecule has 1 aliphatic heterocycles. The molecule has 1 aromatic rings. The Kier molecular flexibility index (Phi) is 5.08. The highest BCUT2D eigenvalue weighted by Gasteiger charge is 2.27. The SMILES string of the molecule is C=CC(=O)N1CCN(C(=O)c2cc(Cl)c(Br)c(F)c2N)CC1. The highest BCUT2D eigenvalue weighted by atomic mass is 79.9. The molecule has 22 heavy (non-hydrogen) atoms. The van der Waals surface area contributed by atoms with Gasteiger partial charge in [-0.05, 0) is 28.1 Å². The molecule has 0 atom stereocenters. The summed E-state index contributed by atoms with van der Waals surface area (Å²) in [5.41, 5.74) is 5.45. The zero-order chi connectivity index (χ0) is 16.4. The van der Waals surface area contributed by atoms with E-state index in [0.717, 1.165) is 0 Å². The van der Waals surface area contributed by atoms with Crippen molar-refractivity contribution in [3.8, 4) is 0 Å². The number of carbonyl (C=O) groups excluding carboxylic acids is 2. The third-order valence-corrected chi connectivity index (χ3v) is 4.79. The van der Waals surface area contributed by atoms with Gasteiger partial charge in [0.2, 0.25) is 5.91 Å². The van der Waals surface area contributed by atoms with Crippen LogP contribution in [0, 0.1) is 5.82 Å². The Labute approximate surface area is 140 Å². The Morgan fingerprint density at radius 2 is 1.86 bits per heavy atom. The Bertz CT molecular complexity index is 645. The molecule has 1 aromatic carbocycles. The molecular formula is C14H14BrClFN3O2. The van der Waals surface area contributed by atoms with E-state index < -0.39 is 11.7 Å². The molecule has 118 valence electrons. The molecule has 0 saturated carbocycles. The molecule has 2 rings (SSSR count).